The van der Waals surface area contributed by atoms with Gasteiger partial charge in [0.15, 0.2) is 0 Å². The van der Waals surface area contributed by atoms with Crippen LogP contribution < -0.4 is 10.5 Å². The standard InChI is InChI=1S/C23H18FN3O2S/c1-14-10-16-4-2-3-5-19(16)27(14)20(28)11-26-13-25-22-21(23(26)29)18(12-30-22)15-6-8-17(24)9-7-15/h2-9,12-14H,10-11H2,1H3. The molecule has 5 rings (SSSR count). The predicted molar refractivity (Wildman–Crippen MR) is 116 cm³/mol. The van der Waals surface area contributed by atoms with Crippen molar-refractivity contribution in [2.24, 2.45) is 0 Å². The van der Waals surface area contributed by atoms with Crippen LogP contribution in [-0.2, 0) is 17.8 Å². The molecule has 2 aromatic carbocycles. The summed E-state index contributed by atoms with van der Waals surface area (Å²) in [5.74, 6) is -0.478. The number of halogens is 1. The van der Waals surface area contributed by atoms with Crippen LogP contribution in [0.3, 0.4) is 0 Å². The fourth-order valence-electron chi connectivity index (χ4n) is 4.09. The van der Waals surface area contributed by atoms with Gasteiger partial charge in [0, 0.05) is 22.7 Å². The molecule has 1 aliphatic rings. The molecule has 30 heavy (non-hydrogen) atoms. The van der Waals surface area contributed by atoms with Crippen molar-refractivity contribution in [3.63, 3.8) is 0 Å². The van der Waals surface area contributed by atoms with Gasteiger partial charge >= 0.3 is 0 Å². The summed E-state index contributed by atoms with van der Waals surface area (Å²) in [6, 6.07) is 13.9. The largest absolute Gasteiger partial charge is 0.307 e. The SMILES string of the molecule is CC1Cc2ccccc2N1C(=O)Cn1cnc2scc(-c3ccc(F)cc3)c2c1=O. The number of thiophene rings is 1. The van der Waals surface area contributed by atoms with Crippen molar-refractivity contribution in [2.75, 3.05) is 4.90 Å². The molecular weight excluding hydrogens is 401 g/mol. The number of carbonyl (C=O) groups is 1. The van der Waals surface area contributed by atoms with Crippen LogP contribution in [0.4, 0.5) is 10.1 Å². The maximum Gasteiger partial charge on any atom is 0.263 e. The van der Waals surface area contributed by atoms with E-state index in [9.17, 15) is 14.0 Å². The Bertz CT molecular complexity index is 1330. The van der Waals surface area contributed by atoms with Gasteiger partial charge in [-0.25, -0.2) is 9.37 Å². The molecule has 7 heteroatoms. The van der Waals surface area contributed by atoms with Crippen molar-refractivity contribution >= 4 is 33.1 Å². The van der Waals surface area contributed by atoms with E-state index in [-0.39, 0.29) is 29.9 Å². The van der Waals surface area contributed by atoms with E-state index in [1.54, 1.807) is 17.0 Å². The third kappa shape index (κ3) is 3.02. The van der Waals surface area contributed by atoms with Crippen molar-refractivity contribution < 1.29 is 9.18 Å². The van der Waals surface area contributed by atoms with Crippen molar-refractivity contribution in [3.8, 4) is 11.1 Å². The lowest BCUT2D eigenvalue weighted by molar-refractivity contribution is -0.119. The summed E-state index contributed by atoms with van der Waals surface area (Å²) in [5, 5.41) is 2.30. The highest BCUT2D eigenvalue weighted by molar-refractivity contribution is 7.17. The van der Waals surface area contributed by atoms with Gasteiger partial charge in [-0.1, -0.05) is 30.3 Å². The van der Waals surface area contributed by atoms with E-state index >= 15 is 0 Å². The Hall–Kier alpha value is -3.32. The molecule has 3 heterocycles. The number of para-hydroxylation sites is 1. The molecule has 0 fully saturated rings. The Balaban J connectivity index is 1.52. The van der Waals surface area contributed by atoms with E-state index in [1.807, 2.05) is 36.6 Å². The molecule has 5 nitrogen and oxygen atoms in total. The number of amides is 1. The number of hydrogen-bond acceptors (Lipinski definition) is 4. The Morgan fingerprint density at radius 2 is 1.97 bits per heavy atom. The molecule has 1 unspecified atom stereocenters. The van der Waals surface area contributed by atoms with E-state index in [0.29, 0.717) is 15.8 Å². The second kappa shape index (κ2) is 7.18. The first kappa shape index (κ1) is 18.7. The van der Waals surface area contributed by atoms with Crippen LogP contribution >= 0.6 is 11.3 Å². The molecule has 1 atom stereocenters. The maximum atomic E-state index is 13.3. The zero-order chi connectivity index (χ0) is 20.8. The monoisotopic (exact) mass is 419 g/mol. The van der Waals surface area contributed by atoms with E-state index in [0.717, 1.165) is 23.2 Å². The van der Waals surface area contributed by atoms with Gasteiger partial charge in [-0.15, -0.1) is 11.3 Å². The summed E-state index contributed by atoms with van der Waals surface area (Å²) in [6.45, 7) is 1.92. The molecule has 2 aromatic heterocycles. The number of benzene rings is 2. The molecule has 1 amide bonds. The molecule has 0 saturated carbocycles. The van der Waals surface area contributed by atoms with E-state index < -0.39 is 0 Å². The first-order chi connectivity index (χ1) is 14.5. The second-order valence-electron chi connectivity index (χ2n) is 7.46. The first-order valence-corrected chi connectivity index (χ1v) is 10.5. The number of hydrogen-bond donors (Lipinski definition) is 0. The van der Waals surface area contributed by atoms with Gasteiger partial charge in [-0.3, -0.25) is 14.2 Å². The molecule has 4 aromatic rings. The van der Waals surface area contributed by atoms with Crippen LogP contribution in [0.2, 0.25) is 0 Å². The number of rotatable bonds is 3. The first-order valence-electron chi connectivity index (χ1n) is 9.65. The third-order valence-corrected chi connectivity index (χ3v) is 6.38. The lowest BCUT2D eigenvalue weighted by Gasteiger charge is -2.23. The van der Waals surface area contributed by atoms with E-state index in [2.05, 4.69) is 4.98 Å². The van der Waals surface area contributed by atoms with Crippen molar-refractivity contribution in [3.05, 3.63) is 82.0 Å². The second-order valence-corrected chi connectivity index (χ2v) is 8.32. The minimum absolute atomic E-state index is 0.0400. The highest BCUT2D eigenvalue weighted by Gasteiger charge is 2.30. The zero-order valence-electron chi connectivity index (χ0n) is 16.2. The third-order valence-electron chi connectivity index (χ3n) is 5.50. The lowest BCUT2D eigenvalue weighted by Crippen LogP contribution is -2.40. The van der Waals surface area contributed by atoms with Gasteiger partial charge in [0.25, 0.3) is 5.56 Å². The molecule has 150 valence electrons. The zero-order valence-corrected chi connectivity index (χ0v) is 17.0. The maximum absolute atomic E-state index is 13.3. The van der Waals surface area contributed by atoms with Gasteiger partial charge in [0.1, 0.15) is 17.2 Å². The molecule has 0 bridgehead atoms. The van der Waals surface area contributed by atoms with Crippen molar-refractivity contribution in [1.82, 2.24) is 9.55 Å². The van der Waals surface area contributed by atoms with Crippen LogP contribution in [-0.4, -0.2) is 21.5 Å². The smallest absolute Gasteiger partial charge is 0.263 e. The summed E-state index contributed by atoms with van der Waals surface area (Å²) >= 11 is 1.36. The molecule has 0 spiro atoms. The summed E-state index contributed by atoms with van der Waals surface area (Å²) in [4.78, 5) is 33.1. The average Bonchev–Trinajstić information content (AvgIpc) is 3.31. The highest BCUT2D eigenvalue weighted by Crippen LogP contribution is 2.33. The Labute approximate surface area is 176 Å². The lowest BCUT2D eigenvalue weighted by atomic mass is 10.1. The number of anilines is 1. The predicted octanol–water partition coefficient (Wildman–Crippen LogP) is 4.24. The molecule has 0 aliphatic carbocycles. The van der Waals surface area contributed by atoms with E-state index in [4.69, 9.17) is 0 Å². The van der Waals surface area contributed by atoms with Gasteiger partial charge < -0.3 is 4.90 Å². The van der Waals surface area contributed by atoms with Crippen LogP contribution in [0.1, 0.15) is 12.5 Å². The van der Waals surface area contributed by atoms with Crippen LogP contribution in [0, 0.1) is 5.82 Å². The molecule has 0 saturated heterocycles. The van der Waals surface area contributed by atoms with Crippen LogP contribution in [0.15, 0.2) is 65.0 Å². The average molecular weight is 419 g/mol. The van der Waals surface area contributed by atoms with Crippen LogP contribution in [0.5, 0.6) is 0 Å². The topological polar surface area (TPSA) is 55.2 Å². The van der Waals surface area contributed by atoms with Crippen molar-refractivity contribution in [1.29, 1.82) is 0 Å². The molecule has 1 aliphatic heterocycles. The number of aromatic nitrogens is 2. The van der Waals surface area contributed by atoms with E-state index in [1.165, 1.54) is 34.4 Å². The van der Waals surface area contributed by atoms with Crippen molar-refractivity contribution in [2.45, 2.75) is 25.9 Å². The summed E-state index contributed by atoms with van der Waals surface area (Å²) in [5.41, 5.74) is 3.21. The Kier molecular flexibility index (Phi) is 4.47. The minimum atomic E-state index is -0.334. The fourth-order valence-corrected chi connectivity index (χ4v) is 5.00. The summed E-state index contributed by atoms with van der Waals surface area (Å²) < 4.78 is 14.7. The molecule has 0 N–H and O–H groups in total. The van der Waals surface area contributed by atoms with Gasteiger partial charge in [-0.05, 0) is 42.7 Å². The number of carbonyl (C=O) groups excluding carboxylic acids is 1. The summed E-state index contributed by atoms with van der Waals surface area (Å²) in [6.07, 6.45) is 2.23. The Morgan fingerprint density at radius 3 is 2.77 bits per heavy atom. The normalized spacial score (nSPS) is 15.5. The van der Waals surface area contributed by atoms with Crippen LogP contribution in [0.25, 0.3) is 21.3 Å². The fraction of sp³-hybridized carbons (Fsp3) is 0.174. The number of fused-ring (bicyclic) bond motifs is 2. The highest BCUT2D eigenvalue weighted by atomic mass is 32.1. The summed E-state index contributed by atoms with van der Waals surface area (Å²) in [7, 11) is 0. The number of nitrogens with zero attached hydrogens (tertiary/aromatic N) is 3. The molecule has 0 radical (unpaired) electrons. The van der Waals surface area contributed by atoms with Gasteiger partial charge in [0.2, 0.25) is 5.91 Å². The quantitative estimate of drug-likeness (QED) is 0.499. The Morgan fingerprint density at radius 1 is 1.20 bits per heavy atom. The van der Waals surface area contributed by atoms with Gasteiger partial charge in [0.05, 0.1) is 11.7 Å². The minimum Gasteiger partial charge on any atom is -0.307 e. The molecular formula is C23H18FN3O2S. The van der Waals surface area contributed by atoms with Gasteiger partial charge in [-0.2, -0.15) is 0 Å².